The maximum absolute atomic E-state index is 10.4. The first kappa shape index (κ1) is 17.7. The Kier molecular flexibility index (Phi) is 6.63. The van der Waals surface area contributed by atoms with Gasteiger partial charge in [-0.15, -0.1) is 0 Å². The van der Waals surface area contributed by atoms with Crippen LogP contribution in [0.4, 0.5) is 11.4 Å². The lowest BCUT2D eigenvalue weighted by Gasteiger charge is -2.26. The molecule has 0 heterocycles. The molecule has 2 aromatic rings. The van der Waals surface area contributed by atoms with E-state index in [0.717, 1.165) is 24.2 Å². The molecule has 0 radical (unpaired) electrons. The fourth-order valence-electron chi connectivity index (χ4n) is 3.56. The molecule has 1 aliphatic rings. The Bertz CT molecular complexity index is 596. The number of rotatable bonds is 7. The summed E-state index contributed by atoms with van der Waals surface area (Å²) < 4.78 is 0. The molecule has 3 nitrogen and oxygen atoms in total. The molecule has 0 amide bonds. The van der Waals surface area contributed by atoms with Gasteiger partial charge in [0, 0.05) is 6.21 Å². The summed E-state index contributed by atoms with van der Waals surface area (Å²) in [7, 11) is 0. The lowest BCUT2D eigenvalue weighted by molar-refractivity contribution is 0.0793. The van der Waals surface area contributed by atoms with Gasteiger partial charge >= 0.3 is 0 Å². The second-order valence-electron chi connectivity index (χ2n) is 6.82. The minimum atomic E-state index is -0.186. The normalized spacial score (nSPS) is 16.8. The van der Waals surface area contributed by atoms with Crippen molar-refractivity contribution >= 4 is 17.6 Å². The van der Waals surface area contributed by atoms with E-state index in [1.54, 1.807) is 0 Å². The lowest BCUT2D eigenvalue weighted by atomic mass is 9.84. The Balaban J connectivity index is 1.61. The predicted molar refractivity (Wildman–Crippen MR) is 105 cm³/mol. The predicted octanol–water partition coefficient (Wildman–Crippen LogP) is 5.53. The van der Waals surface area contributed by atoms with Crippen molar-refractivity contribution in [2.45, 2.75) is 51.0 Å². The first-order valence-corrected chi connectivity index (χ1v) is 9.45. The molecule has 1 aliphatic carbocycles. The molecule has 0 aromatic heterocycles. The third-order valence-electron chi connectivity index (χ3n) is 4.98. The number of hydrazone groups is 1. The quantitative estimate of drug-likeness (QED) is 0.533. The van der Waals surface area contributed by atoms with Crippen LogP contribution in [-0.2, 0) is 0 Å². The highest BCUT2D eigenvalue weighted by Crippen LogP contribution is 2.28. The molecule has 3 rings (SSSR count). The Hall–Kier alpha value is -2.13. The van der Waals surface area contributed by atoms with Crippen molar-refractivity contribution in [3.05, 3.63) is 60.7 Å². The lowest BCUT2D eigenvalue weighted by Crippen LogP contribution is -2.22. The van der Waals surface area contributed by atoms with Crippen molar-refractivity contribution in [2.24, 2.45) is 11.0 Å². The van der Waals surface area contributed by atoms with Crippen LogP contribution in [-0.4, -0.2) is 17.4 Å². The number of hydrogen-bond donors (Lipinski definition) is 1. The van der Waals surface area contributed by atoms with Gasteiger partial charge in [0.1, 0.15) is 0 Å². The van der Waals surface area contributed by atoms with Gasteiger partial charge in [0.05, 0.1) is 17.5 Å². The molecule has 1 N–H and O–H groups in total. The van der Waals surface area contributed by atoms with Crippen LogP contribution < -0.4 is 5.01 Å². The zero-order chi connectivity index (χ0) is 17.3. The number of anilines is 2. The fourth-order valence-corrected chi connectivity index (χ4v) is 3.56. The third kappa shape index (κ3) is 5.17. The molecule has 3 heteroatoms. The molecule has 0 spiro atoms. The van der Waals surface area contributed by atoms with Gasteiger partial charge in [-0.2, -0.15) is 5.10 Å². The minimum Gasteiger partial charge on any atom is -0.393 e. The van der Waals surface area contributed by atoms with Gasteiger partial charge in [0.2, 0.25) is 0 Å². The number of benzene rings is 2. The number of aliphatic hydroxyl groups is 1. The van der Waals surface area contributed by atoms with E-state index in [-0.39, 0.29) is 6.10 Å². The van der Waals surface area contributed by atoms with Crippen molar-refractivity contribution in [1.29, 1.82) is 0 Å². The van der Waals surface area contributed by atoms with Crippen molar-refractivity contribution in [3.63, 3.8) is 0 Å². The number of nitrogens with zero attached hydrogens (tertiary/aromatic N) is 2. The second kappa shape index (κ2) is 9.38. The van der Waals surface area contributed by atoms with Gasteiger partial charge in [0.25, 0.3) is 0 Å². The molecular weight excluding hydrogens is 308 g/mol. The minimum absolute atomic E-state index is 0.186. The van der Waals surface area contributed by atoms with Crippen molar-refractivity contribution < 1.29 is 5.11 Å². The average molecular weight is 336 g/mol. The maximum atomic E-state index is 10.4. The summed E-state index contributed by atoms with van der Waals surface area (Å²) in [5, 5.41) is 17.0. The van der Waals surface area contributed by atoms with Crippen LogP contribution in [0.3, 0.4) is 0 Å². The molecular formula is C22H28N2O. The van der Waals surface area contributed by atoms with Crippen LogP contribution in [0.2, 0.25) is 0 Å². The molecule has 2 aromatic carbocycles. The second-order valence-corrected chi connectivity index (χ2v) is 6.82. The standard InChI is InChI=1S/C22H28N2O/c25-22(19-11-4-1-5-12-19)17-10-18-23-24(20-13-6-2-7-14-20)21-15-8-3-9-16-21/h2-3,6-9,13-16,18-19,22,25H,1,4-5,10-12,17H2/b23-18+. The number of hydrogen-bond acceptors (Lipinski definition) is 3. The van der Waals surface area contributed by atoms with Crippen LogP contribution >= 0.6 is 0 Å². The van der Waals surface area contributed by atoms with Crippen molar-refractivity contribution in [2.75, 3.05) is 5.01 Å². The monoisotopic (exact) mass is 336 g/mol. The van der Waals surface area contributed by atoms with E-state index >= 15 is 0 Å². The molecule has 132 valence electrons. The molecule has 1 unspecified atom stereocenters. The van der Waals surface area contributed by atoms with Crippen LogP contribution in [0.25, 0.3) is 0 Å². The van der Waals surface area contributed by atoms with Gasteiger partial charge in [-0.3, -0.25) is 0 Å². The van der Waals surface area contributed by atoms with E-state index in [1.165, 1.54) is 32.1 Å². The summed E-state index contributed by atoms with van der Waals surface area (Å²) in [6.45, 7) is 0. The Morgan fingerprint density at radius 2 is 1.48 bits per heavy atom. The van der Waals surface area contributed by atoms with Gasteiger partial charge in [0.15, 0.2) is 0 Å². The summed E-state index contributed by atoms with van der Waals surface area (Å²) in [4.78, 5) is 0. The Labute approximate surface area is 151 Å². The third-order valence-corrected chi connectivity index (χ3v) is 4.98. The highest BCUT2D eigenvalue weighted by atomic mass is 16.3. The molecule has 1 saturated carbocycles. The van der Waals surface area contributed by atoms with Crippen LogP contribution in [0.5, 0.6) is 0 Å². The Morgan fingerprint density at radius 3 is 2.04 bits per heavy atom. The topological polar surface area (TPSA) is 35.8 Å². The molecule has 1 atom stereocenters. The summed E-state index contributed by atoms with van der Waals surface area (Å²) >= 11 is 0. The van der Waals surface area contributed by atoms with Crippen molar-refractivity contribution in [3.8, 4) is 0 Å². The van der Waals surface area contributed by atoms with E-state index < -0.39 is 0 Å². The maximum Gasteiger partial charge on any atom is 0.0652 e. The van der Waals surface area contributed by atoms with Crippen LogP contribution in [0, 0.1) is 5.92 Å². The Morgan fingerprint density at radius 1 is 0.920 bits per heavy atom. The van der Waals surface area contributed by atoms with Crippen LogP contribution in [0.1, 0.15) is 44.9 Å². The molecule has 25 heavy (non-hydrogen) atoms. The number of para-hydroxylation sites is 2. The first-order chi connectivity index (χ1) is 12.3. The van der Waals surface area contributed by atoms with E-state index in [2.05, 4.69) is 29.4 Å². The highest BCUT2D eigenvalue weighted by Gasteiger charge is 2.20. The van der Waals surface area contributed by atoms with Crippen LogP contribution in [0.15, 0.2) is 65.8 Å². The summed E-state index contributed by atoms with van der Waals surface area (Å²) in [6.07, 6.45) is 9.57. The SMILES string of the molecule is OC(CC/C=N/N(c1ccccc1)c1ccccc1)C1CCCCC1. The fraction of sp³-hybridized carbons (Fsp3) is 0.409. The summed E-state index contributed by atoms with van der Waals surface area (Å²) in [6, 6.07) is 20.3. The zero-order valence-corrected chi connectivity index (χ0v) is 14.8. The average Bonchev–Trinajstić information content (AvgIpc) is 2.70. The van der Waals surface area contributed by atoms with E-state index in [0.29, 0.717) is 5.92 Å². The number of aliphatic hydroxyl groups excluding tert-OH is 1. The van der Waals surface area contributed by atoms with E-state index in [4.69, 9.17) is 0 Å². The van der Waals surface area contributed by atoms with Gasteiger partial charge in [-0.25, -0.2) is 5.01 Å². The van der Waals surface area contributed by atoms with E-state index in [9.17, 15) is 5.11 Å². The molecule has 0 saturated heterocycles. The first-order valence-electron chi connectivity index (χ1n) is 9.45. The smallest absolute Gasteiger partial charge is 0.0652 e. The van der Waals surface area contributed by atoms with Gasteiger partial charge < -0.3 is 5.11 Å². The molecule has 0 bridgehead atoms. The van der Waals surface area contributed by atoms with E-state index in [1.807, 2.05) is 47.6 Å². The van der Waals surface area contributed by atoms with Gasteiger partial charge in [-0.1, -0.05) is 55.7 Å². The van der Waals surface area contributed by atoms with Gasteiger partial charge in [-0.05, 0) is 55.9 Å². The molecule has 1 fully saturated rings. The zero-order valence-electron chi connectivity index (χ0n) is 14.8. The van der Waals surface area contributed by atoms with Crippen molar-refractivity contribution in [1.82, 2.24) is 0 Å². The molecule has 0 aliphatic heterocycles. The summed E-state index contributed by atoms with van der Waals surface area (Å²) in [5.74, 6) is 0.487. The summed E-state index contributed by atoms with van der Waals surface area (Å²) in [5.41, 5.74) is 2.08. The highest BCUT2D eigenvalue weighted by molar-refractivity contribution is 5.67. The largest absolute Gasteiger partial charge is 0.393 e.